The van der Waals surface area contributed by atoms with Crippen LogP contribution < -0.4 is 25.0 Å². The molecule has 3 aromatic carbocycles. The summed E-state index contributed by atoms with van der Waals surface area (Å²) in [5.74, 6) is 1.82. The minimum Gasteiger partial charge on any atom is -0.497 e. The molecule has 0 atom stereocenters. The average Bonchev–Trinajstić information content (AvgIpc) is 2.84. The van der Waals surface area contributed by atoms with Gasteiger partial charge >= 0.3 is 0 Å². The maximum absolute atomic E-state index is 12.5. The van der Waals surface area contributed by atoms with Crippen LogP contribution in [0.4, 0.5) is 5.69 Å². The van der Waals surface area contributed by atoms with Crippen molar-refractivity contribution in [2.24, 2.45) is 0 Å². The van der Waals surface area contributed by atoms with Crippen molar-refractivity contribution in [3.63, 3.8) is 0 Å². The average molecular weight is 445 g/mol. The Hall–Kier alpha value is -4.26. The van der Waals surface area contributed by atoms with Crippen LogP contribution in [0.15, 0.2) is 82.0 Å². The fourth-order valence-corrected chi connectivity index (χ4v) is 3.31. The van der Waals surface area contributed by atoms with Crippen LogP contribution in [0, 0.1) is 0 Å². The number of hydrogen-bond acceptors (Lipinski definition) is 6. The van der Waals surface area contributed by atoms with E-state index >= 15 is 0 Å². The SMILES string of the molecule is CCOc1ccccc1OCC(=O)Nc1ccc(-c2cc(=O)c3cc(OC)ccc3o2)cc1. The first kappa shape index (κ1) is 22.0. The summed E-state index contributed by atoms with van der Waals surface area (Å²) >= 11 is 0. The Bertz CT molecular complexity index is 1330. The van der Waals surface area contributed by atoms with Crippen LogP contribution in [-0.2, 0) is 4.79 Å². The molecule has 1 aromatic heterocycles. The predicted molar refractivity (Wildman–Crippen MR) is 126 cm³/mol. The maximum Gasteiger partial charge on any atom is 0.262 e. The van der Waals surface area contributed by atoms with Crippen LogP contribution in [0.5, 0.6) is 17.2 Å². The van der Waals surface area contributed by atoms with Gasteiger partial charge in [0, 0.05) is 17.3 Å². The van der Waals surface area contributed by atoms with Gasteiger partial charge in [-0.1, -0.05) is 12.1 Å². The molecule has 7 heteroatoms. The molecular formula is C26H23NO6. The number of methoxy groups -OCH3 is 1. The van der Waals surface area contributed by atoms with E-state index in [0.29, 0.717) is 51.8 Å². The standard InChI is InChI=1S/C26H23NO6/c1-3-31-23-6-4-5-7-24(23)32-16-26(29)27-18-10-8-17(9-11-18)25-15-21(28)20-14-19(30-2)12-13-22(20)33-25/h4-15H,3,16H2,1-2H3,(H,27,29). The molecule has 168 valence electrons. The number of rotatable bonds is 8. The molecule has 1 heterocycles. The Morgan fingerprint density at radius 3 is 2.36 bits per heavy atom. The molecule has 0 saturated carbocycles. The molecule has 0 unspecified atom stereocenters. The largest absolute Gasteiger partial charge is 0.497 e. The van der Waals surface area contributed by atoms with Gasteiger partial charge in [-0.15, -0.1) is 0 Å². The zero-order chi connectivity index (χ0) is 23.2. The number of benzene rings is 3. The number of nitrogens with one attached hydrogen (secondary N) is 1. The first-order valence-corrected chi connectivity index (χ1v) is 10.4. The van der Waals surface area contributed by atoms with Crippen LogP contribution in [-0.4, -0.2) is 26.2 Å². The minimum atomic E-state index is -0.305. The smallest absolute Gasteiger partial charge is 0.262 e. The second kappa shape index (κ2) is 9.91. The lowest BCUT2D eigenvalue weighted by molar-refractivity contribution is -0.118. The Kier molecular flexibility index (Phi) is 6.59. The Morgan fingerprint density at radius 2 is 1.67 bits per heavy atom. The van der Waals surface area contributed by atoms with E-state index in [-0.39, 0.29) is 17.9 Å². The van der Waals surface area contributed by atoms with Crippen LogP contribution >= 0.6 is 0 Å². The maximum atomic E-state index is 12.5. The van der Waals surface area contributed by atoms with Crippen molar-refractivity contribution in [3.8, 4) is 28.6 Å². The Morgan fingerprint density at radius 1 is 0.939 bits per heavy atom. The van der Waals surface area contributed by atoms with Crippen molar-refractivity contribution in [2.75, 3.05) is 25.6 Å². The Labute approximate surface area is 190 Å². The van der Waals surface area contributed by atoms with Gasteiger partial charge in [0.25, 0.3) is 5.91 Å². The second-order valence-electron chi connectivity index (χ2n) is 7.13. The van der Waals surface area contributed by atoms with E-state index < -0.39 is 0 Å². The summed E-state index contributed by atoms with van der Waals surface area (Å²) in [5, 5.41) is 3.24. The minimum absolute atomic E-state index is 0.158. The molecule has 4 rings (SSSR count). The van der Waals surface area contributed by atoms with Gasteiger partial charge in [0.1, 0.15) is 17.1 Å². The summed E-state index contributed by atoms with van der Waals surface area (Å²) in [7, 11) is 1.55. The van der Waals surface area contributed by atoms with Gasteiger partial charge in [-0.2, -0.15) is 0 Å². The summed E-state index contributed by atoms with van der Waals surface area (Å²) in [5.41, 5.74) is 1.62. The normalized spacial score (nSPS) is 10.6. The number of hydrogen-bond donors (Lipinski definition) is 1. The molecule has 0 spiro atoms. The van der Waals surface area contributed by atoms with Crippen LogP contribution in [0.25, 0.3) is 22.3 Å². The molecule has 1 amide bonds. The highest BCUT2D eigenvalue weighted by atomic mass is 16.5. The number of anilines is 1. The van der Waals surface area contributed by atoms with E-state index in [4.69, 9.17) is 18.6 Å². The summed E-state index contributed by atoms with van der Waals surface area (Å²) < 4.78 is 22.1. The number of ether oxygens (including phenoxy) is 3. The molecule has 0 fully saturated rings. The van der Waals surface area contributed by atoms with E-state index in [1.54, 1.807) is 61.7 Å². The van der Waals surface area contributed by atoms with Gasteiger partial charge < -0.3 is 23.9 Å². The lowest BCUT2D eigenvalue weighted by atomic mass is 10.1. The van der Waals surface area contributed by atoms with Crippen LogP contribution in [0.3, 0.4) is 0 Å². The molecule has 4 aromatic rings. The van der Waals surface area contributed by atoms with Crippen molar-refractivity contribution in [1.82, 2.24) is 0 Å². The molecule has 1 N–H and O–H groups in total. The van der Waals surface area contributed by atoms with Gasteiger partial charge in [0.15, 0.2) is 23.5 Å². The number of carbonyl (C=O) groups excluding carboxylic acids is 1. The van der Waals surface area contributed by atoms with Gasteiger partial charge in [-0.3, -0.25) is 9.59 Å². The third-order valence-electron chi connectivity index (χ3n) is 4.90. The Balaban J connectivity index is 1.43. The van der Waals surface area contributed by atoms with E-state index in [1.165, 1.54) is 6.07 Å². The number of carbonyl (C=O) groups is 1. The summed E-state index contributed by atoms with van der Waals surface area (Å²) in [6, 6.07) is 20.8. The zero-order valence-corrected chi connectivity index (χ0v) is 18.3. The first-order valence-electron chi connectivity index (χ1n) is 10.4. The third-order valence-corrected chi connectivity index (χ3v) is 4.90. The molecule has 0 aliphatic carbocycles. The molecule has 0 radical (unpaired) electrons. The molecule has 0 aliphatic rings. The van der Waals surface area contributed by atoms with Crippen molar-refractivity contribution in [1.29, 1.82) is 0 Å². The molecule has 0 saturated heterocycles. The predicted octanol–water partition coefficient (Wildman–Crippen LogP) is 4.88. The summed E-state index contributed by atoms with van der Waals surface area (Å²) in [4.78, 5) is 24.8. The monoisotopic (exact) mass is 445 g/mol. The highest BCUT2D eigenvalue weighted by Gasteiger charge is 2.10. The fourth-order valence-electron chi connectivity index (χ4n) is 3.31. The quantitative estimate of drug-likeness (QED) is 0.416. The second-order valence-corrected chi connectivity index (χ2v) is 7.13. The van der Waals surface area contributed by atoms with E-state index in [0.717, 1.165) is 0 Å². The first-order chi connectivity index (χ1) is 16.1. The van der Waals surface area contributed by atoms with Crippen LogP contribution in [0.1, 0.15) is 6.92 Å². The van der Waals surface area contributed by atoms with E-state index in [2.05, 4.69) is 5.32 Å². The van der Waals surface area contributed by atoms with E-state index in [1.807, 2.05) is 19.1 Å². The fraction of sp³-hybridized carbons (Fsp3) is 0.154. The van der Waals surface area contributed by atoms with Crippen molar-refractivity contribution >= 4 is 22.6 Å². The summed E-state index contributed by atoms with van der Waals surface area (Å²) in [6.07, 6.45) is 0. The highest BCUT2D eigenvalue weighted by molar-refractivity contribution is 5.92. The number of para-hydroxylation sites is 2. The third kappa shape index (κ3) is 5.15. The lowest BCUT2D eigenvalue weighted by Gasteiger charge is -2.12. The number of fused-ring (bicyclic) bond motifs is 1. The highest BCUT2D eigenvalue weighted by Crippen LogP contribution is 2.27. The topological polar surface area (TPSA) is 87.0 Å². The molecule has 0 bridgehead atoms. The summed E-state index contributed by atoms with van der Waals surface area (Å²) in [6.45, 7) is 2.23. The zero-order valence-electron chi connectivity index (χ0n) is 18.3. The molecule has 0 aliphatic heterocycles. The van der Waals surface area contributed by atoms with Crippen LogP contribution in [0.2, 0.25) is 0 Å². The van der Waals surface area contributed by atoms with Gasteiger partial charge in [-0.25, -0.2) is 0 Å². The lowest BCUT2D eigenvalue weighted by Crippen LogP contribution is -2.20. The van der Waals surface area contributed by atoms with E-state index in [9.17, 15) is 9.59 Å². The molecule has 33 heavy (non-hydrogen) atoms. The van der Waals surface area contributed by atoms with Gasteiger partial charge in [0.2, 0.25) is 0 Å². The molecular weight excluding hydrogens is 422 g/mol. The van der Waals surface area contributed by atoms with Gasteiger partial charge in [-0.05, 0) is 61.5 Å². The molecule has 7 nitrogen and oxygen atoms in total. The van der Waals surface area contributed by atoms with Crippen molar-refractivity contribution in [3.05, 3.63) is 83.0 Å². The number of amides is 1. The van der Waals surface area contributed by atoms with Crippen molar-refractivity contribution in [2.45, 2.75) is 6.92 Å². The van der Waals surface area contributed by atoms with Crippen molar-refractivity contribution < 1.29 is 23.4 Å². The van der Waals surface area contributed by atoms with Gasteiger partial charge in [0.05, 0.1) is 19.1 Å².